The van der Waals surface area contributed by atoms with E-state index in [2.05, 4.69) is 13.8 Å². The minimum atomic E-state index is -3.86. The predicted octanol–water partition coefficient (Wildman–Crippen LogP) is 3.35. The Morgan fingerprint density at radius 3 is 2.52 bits per heavy atom. The second-order valence-electron chi connectivity index (χ2n) is 6.59. The molecule has 0 bridgehead atoms. The van der Waals surface area contributed by atoms with Crippen molar-refractivity contribution in [3.05, 3.63) is 34.9 Å². The van der Waals surface area contributed by atoms with Gasteiger partial charge in [-0.15, -0.1) is 0 Å². The van der Waals surface area contributed by atoms with E-state index in [1.54, 1.807) is 0 Å². The lowest BCUT2D eigenvalue weighted by atomic mass is 9.73. The molecule has 1 saturated heterocycles. The Labute approximate surface area is 130 Å². The van der Waals surface area contributed by atoms with Gasteiger partial charge in [0.1, 0.15) is 5.60 Å². The van der Waals surface area contributed by atoms with Crippen molar-refractivity contribution in [2.45, 2.75) is 38.7 Å². The molecule has 0 amide bonds. The average Bonchev–Trinajstić information content (AvgIpc) is 2.85. The van der Waals surface area contributed by atoms with Crippen LogP contribution >= 0.6 is 11.6 Å². The van der Waals surface area contributed by atoms with Crippen molar-refractivity contribution in [2.75, 3.05) is 6.61 Å². The third-order valence-electron chi connectivity index (χ3n) is 4.99. The first kappa shape index (κ1) is 15.3. The second kappa shape index (κ2) is 4.95. The Kier molecular flexibility index (Phi) is 3.60. The number of benzene rings is 1. The molecule has 2 fully saturated rings. The molecule has 3 rings (SSSR count). The Bertz CT molecular complexity index is 638. The number of hydrogen-bond acceptors (Lipinski definition) is 4. The quantitative estimate of drug-likeness (QED) is 0.834. The van der Waals surface area contributed by atoms with Crippen molar-refractivity contribution in [1.82, 2.24) is 0 Å². The molecule has 116 valence electrons. The Balaban J connectivity index is 1.90. The Morgan fingerprint density at radius 1 is 1.29 bits per heavy atom. The summed E-state index contributed by atoms with van der Waals surface area (Å²) in [5.74, 6) is 0.117. The van der Waals surface area contributed by atoms with E-state index in [0.29, 0.717) is 5.02 Å². The van der Waals surface area contributed by atoms with Crippen LogP contribution in [-0.4, -0.2) is 20.6 Å². The first-order valence-corrected chi connectivity index (χ1v) is 8.80. The molecule has 2 aliphatic rings. The van der Waals surface area contributed by atoms with Gasteiger partial charge in [0.15, 0.2) is 0 Å². The lowest BCUT2D eigenvalue weighted by molar-refractivity contribution is -0.0330. The van der Waals surface area contributed by atoms with Crippen LogP contribution in [0, 0.1) is 11.3 Å². The van der Waals surface area contributed by atoms with Crippen LogP contribution in [0.4, 0.5) is 0 Å². The Morgan fingerprint density at radius 2 is 1.95 bits per heavy atom. The van der Waals surface area contributed by atoms with Gasteiger partial charge in [-0.3, -0.25) is 0 Å². The molecule has 1 spiro atoms. The molecular formula is C15H19ClO4S. The molecule has 1 aromatic rings. The molecule has 1 aromatic carbocycles. The number of rotatable bonds is 2. The molecule has 1 aliphatic heterocycles. The summed E-state index contributed by atoms with van der Waals surface area (Å²) in [6.07, 6.45) is 2.61. The summed E-state index contributed by atoms with van der Waals surface area (Å²) in [5.41, 5.74) is 0.147. The van der Waals surface area contributed by atoms with E-state index < -0.39 is 16.0 Å². The van der Waals surface area contributed by atoms with Gasteiger partial charge < -0.3 is 0 Å². The highest BCUT2D eigenvalue weighted by molar-refractivity contribution is 7.82. The molecule has 4 nitrogen and oxygen atoms in total. The molecule has 1 heterocycles. The number of halogens is 1. The van der Waals surface area contributed by atoms with Gasteiger partial charge in [-0.05, 0) is 48.3 Å². The van der Waals surface area contributed by atoms with Crippen LogP contribution in [0.25, 0.3) is 0 Å². The molecule has 1 saturated carbocycles. The number of hydrogen-bond donors (Lipinski definition) is 0. The lowest BCUT2D eigenvalue weighted by Crippen LogP contribution is -2.48. The van der Waals surface area contributed by atoms with Gasteiger partial charge in [0, 0.05) is 5.02 Å². The maximum absolute atomic E-state index is 11.7. The summed E-state index contributed by atoms with van der Waals surface area (Å²) >= 11 is 5.91. The van der Waals surface area contributed by atoms with Crippen LogP contribution in [0.15, 0.2) is 24.3 Å². The predicted molar refractivity (Wildman–Crippen MR) is 80.3 cm³/mol. The van der Waals surface area contributed by atoms with Crippen LogP contribution in [0.5, 0.6) is 0 Å². The third kappa shape index (κ3) is 2.61. The van der Waals surface area contributed by atoms with Gasteiger partial charge in [-0.1, -0.05) is 37.6 Å². The highest BCUT2D eigenvalue weighted by Gasteiger charge is 2.62. The smallest absolute Gasteiger partial charge is 0.245 e. The minimum absolute atomic E-state index is 0.112. The van der Waals surface area contributed by atoms with Crippen molar-refractivity contribution in [3.63, 3.8) is 0 Å². The van der Waals surface area contributed by atoms with E-state index >= 15 is 0 Å². The largest absolute Gasteiger partial charge is 0.400 e. The zero-order valence-corrected chi connectivity index (χ0v) is 13.7. The molecule has 6 heteroatoms. The molecule has 2 unspecified atom stereocenters. The van der Waals surface area contributed by atoms with Crippen LogP contribution < -0.4 is 0 Å². The van der Waals surface area contributed by atoms with Gasteiger partial charge in [0.25, 0.3) is 0 Å². The highest BCUT2D eigenvalue weighted by Crippen LogP contribution is 2.56. The van der Waals surface area contributed by atoms with Gasteiger partial charge in [-0.25, -0.2) is 8.37 Å². The summed E-state index contributed by atoms with van der Waals surface area (Å²) in [7, 11) is -3.86. The summed E-state index contributed by atoms with van der Waals surface area (Å²) < 4.78 is 33.7. The van der Waals surface area contributed by atoms with E-state index in [9.17, 15) is 8.42 Å². The minimum Gasteiger partial charge on any atom is -0.245 e. The molecule has 21 heavy (non-hydrogen) atoms. The van der Waals surface area contributed by atoms with Crippen LogP contribution in [0.1, 0.15) is 32.3 Å². The van der Waals surface area contributed by atoms with Crippen LogP contribution in [-0.2, 0) is 25.2 Å². The van der Waals surface area contributed by atoms with Gasteiger partial charge >= 0.3 is 10.4 Å². The van der Waals surface area contributed by atoms with Crippen molar-refractivity contribution in [1.29, 1.82) is 0 Å². The summed E-state index contributed by atoms with van der Waals surface area (Å²) in [6.45, 7) is 4.22. The van der Waals surface area contributed by atoms with E-state index in [4.69, 9.17) is 20.0 Å². The normalized spacial score (nSPS) is 33.6. The third-order valence-corrected chi connectivity index (χ3v) is 6.15. The van der Waals surface area contributed by atoms with E-state index in [1.165, 1.54) is 0 Å². The molecule has 2 atom stereocenters. The standard InChI is InChI=1S/C15H19ClO4S/c1-14(2)8-7-12(9-11-3-5-13(16)6-4-11)15(14)10-19-21(17,18)20-15/h3-6,12H,7-10H2,1-2H3. The monoisotopic (exact) mass is 330 g/mol. The molecule has 0 aromatic heterocycles. The van der Waals surface area contributed by atoms with Crippen LogP contribution in [0.2, 0.25) is 5.02 Å². The summed E-state index contributed by atoms with van der Waals surface area (Å²) in [4.78, 5) is 0. The van der Waals surface area contributed by atoms with Gasteiger partial charge in [-0.2, -0.15) is 8.42 Å². The first-order chi connectivity index (χ1) is 9.74. The molecule has 0 radical (unpaired) electrons. The topological polar surface area (TPSA) is 52.6 Å². The second-order valence-corrected chi connectivity index (χ2v) is 8.25. The fourth-order valence-electron chi connectivity index (χ4n) is 3.59. The van der Waals surface area contributed by atoms with E-state index in [0.717, 1.165) is 24.8 Å². The van der Waals surface area contributed by atoms with Crippen molar-refractivity contribution in [2.24, 2.45) is 11.3 Å². The van der Waals surface area contributed by atoms with Crippen molar-refractivity contribution >= 4 is 22.0 Å². The van der Waals surface area contributed by atoms with E-state index in [1.807, 2.05) is 24.3 Å². The van der Waals surface area contributed by atoms with Crippen molar-refractivity contribution in [3.8, 4) is 0 Å². The zero-order chi connectivity index (χ0) is 15.3. The lowest BCUT2D eigenvalue weighted by Gasteiger charge is -2.38. The first-order valence-electron chi connectivity index (χ1n) is 7.09. The van der Waals surface area contributed by atoms with Gasteiger partial charge in [0.2, 0.25) is 0 Å². The maximum atomic E-state index is 11.7. The zero-order valence-electron chi connectivity index (χ0n) is 12.1. The van der Waals surface area contributed by atoms with Gasteiger partial charge in [0.05, 0.1) is 6.61 Å². The summed E-state index contributed by atoms with van der Waals surface area (Å²) in [6, 6.07) is 7.66. The maximum Gasteiger partial charge on any atom is 0.400 e. The molecule has 1 aliphatic carbocycles. The molecule has 0 N–H and O–H groups in total. The van der Waals surface area contributed by atoms with E-state index in [-0.39, 0.29) is 17.9 Å². The van der Waals surface area contributed by atoms with Crippen molar-refractivity contribution < 1.29 is 16.8 Å². The highest BCUT2D eigenvalue weighted by atomic mass is 35.5. The Hall–Kier alpha value is -0.620. The summed E-state index contributed by atoms with van der Waals surface area (Å²) in [5, 5.41) is 0.697. The average molecular weight is 331 g/mol. The molecular weight excluding hydrogens is 312 g/mol. The fourth-order valence-corrected chi connectivity index (χ4v) is 4.86. The van der Waals surface area contributed by atoms with Crippen LogP contribution in [0.3, 0.4) is 0 Å². The fraction of sp³-hybridized carbons (Fsp3) is 0.600. The SMILES string of the molecule is CC1(C)CCC(Cc2ccc(Cl)cc2)C12COS(=O)(=O)O2.